The topological polar surface area (TPSA) is 86.1 Å². The molecule has 1 N–H and O–H groups in total. The van der Waals surface area contributed by atoms with Gasteiger partial charge in [0.2, 0.25) is 5.91 Å². The molecular weight excluding hydrogens is 344 g/mol. The first-order chi connectivity index (χ1) is 13.2. The maximum absolute atomic E-state index is 12.5. The molecule has 0 saturated carbocycles. The second kappa shape index (κ2) is 7.41. The third-order valence-corrected chi connectivity index (χ3v) is 4.48. The molecule has 0 fully saturated rings. The van der Waals surface area contributed by atoms with Crippen molar-refractivity contribution in [2.75, 3.05) is 5.32 Å². The molecule has 0 aliphatic carbocycles. The van der Waals surface area contributed by atoms with E-state index >= 15 is 0 Å². The monoisotopic (exact) mass is 362 g/mol. The van der Waals surface area contributed by atoms with Gasteiger partial charge in [0.25, 0.3) is 0 Å². The van der Waals surface area contributed by atoms with Crippen LogP contribution in [0.4, 0.5) is 5.69 Å². The first-order valence-electron chi connectivity index (χ1n) is 8.68. The molecule has 0 saturated heterocycles. The Hall–Kier alpha value is -3.48. The Morgan fingerprint density at radius 2 is 2.00 bits per heavy atom. The minimum absolute atomic E-state index is 0.131. The Kier molecular flexibility index (Phi) is 4.65. The highest BCUT2D eigenvalue weighted by Gasteiger charge is 2.28. The third-order valence-electron chi connectivity index (χ3n) is 4.48. The predicted molar refractivity (Wildman–Crippen MR) is 98.2 cm³/mol. The quantitative estimate of drug-likeness (QED) is 0.557. The van der Waals surface area contributed by atoms with Crippen LogP contribution >= 0.6 is 0 Å². The summed E-state index contributed by atoms with van der Waals surface area (Å²) in [5.74, 6) is -0.0597. The van der Waals surface area contributed by atoms with Gasteiger partial charge in [0, 0.05) is 18.0 Å². The first kappa shape index (κ1) is 17.0. The minimum Gasteiger partial charge on any atom is -0.426 e. The average molecular weight is 362 g/mol. The second-order valence-corrected chi connectivity index (χ2v) is 6.46. The second-order valence-electron chi connectivity index (χ2n) is 6.46. The van der Waals surface area contributed by atoms with Crippen molar-refractivity contribution in [1.29, 1.82) is 0 Å². The summed E-state index contributed by atoms with van der Waals surface area (Å²) in [6, 6.07) is 14.9. The van der Waals surface area contributed by atoms with E-state index in [9.17, 15) is 9.59 Å². The molecule has 0 spiro atoms. The average Bonchev–Trinajstić information content (AvgIpc) is 3.16. The van der Waals surface area contributed by atoms with E-state index in [0.717, 1.165) is 11.1 Å². The van der Waals surface area contributed by atoms with Crippen molar-refractivity contribution >= 4 is 17.6 Å². The Bertz CT molecular complexity index is 952. The Morgan fingerprint density at radius 3 is 2.78 bits per heavy atom. The normalized spacial score (nSPS) is 15.7. The summed E-state index contributed by atoms with van der Waals surface area (Å²) in [5.41, 5.74) is 2.67. The van der Waals surface area contributed by atoms with Crippen LogP contribution in [0.5, 0.6) is 5.75 Å². The molecule has 2 aromatic carbocycles. The molecule has 1 unspecified atom stereocenters. The number of esters is 1. The molecule has 1 aliphatic rings. The van der Waals surface area contributed by atoms with Crippen molar-refractivity contribution in [2.24, 2.45) is 0 Å². The molecule has 7 nitrogen and oxygen atoms in total. The van der Waals surface area contributed by atoms with Gasteiger partial charge in [-0.25, -0.2) is 9.67 Å². The van der Waals surface area contributed by atoms with E-state index in [-0.39, 0.29) is 30.6 Å². The number of hydrogen-bond donors (Lipinski definition) is 1. The summed E-state index contributed by atoms with van der Waals surface area (Å²) in [6.45, 7) is 0.620. The maximum atomic E-state index is 12.5. The van der Waals surface area contributed by atoms with E-state index in [1.54, 1.807) is 17.1 Å². The molecule has 27 heavy (non-hydrogen) atoms. The molecule has 7 heteroatoms. The number of rotatable bonds is 5. The van der Waals surface area contributed by atoms with Crippen molar-refractivity contribution in [2.45, 2.75) is 25.3 Å². The lowest BCUT2D eigenvalue weighted by Gasteiger charge is -2.23. The van der Waals surface area contributed by atoms with Gasteiger partial charge in [0.15, 0.2) is 0 Å². The number of para-hydroxylation sites is 1. The Balaban J connectivity index is 1.39. The third kappa shape index (κ3) is 4.03. The van der Waals surface area contributed by atoms with Crippen LogP contribution in [0.3, 0.4) is 0 Å². The van der Waals surface area contributed by atoms with Gasteiger partial charge in [-0.15, -0.1) is 0 Å². The molecule has 136 valence electrons. The van der Waals surface area contributed by atoms with Crippen LogP contribution in [-0.4, -0.2) is 26.6 Å². The molecular formula is C20H18N4O3. The fourth-order valence-electron chi connectivity index (χ4n) is 3.20. The molecule has 1 amide bonds. The molecule has 0 bridgehead atoms. The summed E-state index contributed by atoms with van der Waals surface area (Å²) in [5, 5.41) is 6.97. The van der Waals surface area contributed by atoms with E-state index in [0.29, 0.717) is 18.0 Å². The SMILES string of the molecule is O=C(CC1CC(=O)Oc2ccccc21)Nc1ccc(Cn2cncn2)cc1. The number of amides is 1. The number of ether oxygens (including phenoxy) is 1. The lowest BCUT2D eigenvalue weighted by atomic mass is 9.89. The Morgan fingerprint density at radius 1 is 1.19 bits per heavy atom. The van der Waals surface area contributed by atoms with Crippen molar-refractivity contribution in [3.63, 3.8) is 0 Å². The highest BCUT2D eigenvalue weighted by molar-refractivity contribution is 5.92. The molecule has 1 aromatic heterocycles. The van der Waals surface area contributed by atoms with E-state index < -0.39 is 0 Å². The van der Waals surface area contributed by atoms with Gasteiger partial charge < -0.3 is 10.1 Å². The van der Waals surface area contributed by atoms with Crippen LogP contribution in [0.25, 0.3) is 0 Å². The molecule has 3 aromatic rings. The van der Waals surface area contributed by atoms with Crippen LogP contribution < -0.4 is 10.1 Å². The van der Waals surface area contributed by atoms with Gasteiger partial charge in [-0.1, -0.05) is 30.3 Å². The highest BCUT2D eigenvalue weighted by Crippen LogP contribution is 2.36. The van der Waals surface area contributed by atoms with Crippen LogP contribution in [0, 0.1) is 0 Å². The summed E-state index contributed by atoms with van der Waals surface area (Å²) in [6.07, 6.45) is 3.59. The zero-order valence-corrected chi connectivity index (χ0v) is 14.5. The largest absolute Gasteiger partial charge is 0.426 e. The van der Waals surface area contributed by atoms with Gasteiger partial charge >= 0.3 is 5.97 Å². The van der Waals surface area contributed by atoms with Gasteiger partial charge in [0.05, 0.1) is 13.0 Å². The zero-order valence-electron chi connectivity index (χ0n) is 14.5. The van der Waals surface area contributed by atoms with Crippen molar-refractivity contribution < 1.29 is 14.3 Å². The van der Waals surface area contributed by atoms with Gasteiger partial charge in [0.1, 0.15) is 18.4 Å². The summed E-state index contributed by atoms with van der Waals surface area (Å²) in [7, 11) is 0. The fourth-order valence-corrected chi connectivity index (χ4v) is 3.20. The number of carbonyl (C=O) groups is 2. The van der Waals surface area contributed by atoms with E-state index in [1.807, 2.05) is 42.5 Å². The lowest BCUT2D eigenvalue weighted by Crippen LogP contribution is -2.24. The number of hydrogen-bond acceptors (Lipinski definition) is 5. The van der Waals surface area contributed by atoms with E-state index in [4.69, 9.17) is 4.74 Å². The van der Waals surface area contributed by atoms with Gasteiger partial charge in [-0.05, 0) is 29.3 Å². The van der Waals surface area contributed by atoms with Crippen LogP contribution in [0.15, 0.2) is 61.2 Å². The summed E-state index contributed by atoms with van der Waals surface area (Å²) < 4.78 is 6.97. The molecule has 1 atom stereocenters. The van der Waals surface area contributed by atoms with Crippen LogP contribution in [0.2, 0.25) is 0 Å². The number of fused-ring (bicyclic) bond motifs is 1. The van der Waals surface area contributed by atoms with Crippen molar-refractivity contribution in [1.82, 2.24) is 14.8 Å². The lowest BCUT2D eigenvalue weighted by molar-refractivity contribution is -0.136. The molecule has 0 radical (unpaired) electrons. The summed E-state index contributed by atoms with van der Waals surface area (Å²) in [4.78, 5) is 28.1. The van der Waals surface area contributed by atoms with Gasteiger partial charge in [-0.3, -0.25) is 9.59 Å². The van der Waals surface area contributed by atoms with E-state index in [2.05, 4.69) is 15.4 Å². The summed E-state index contributed by atoms with van der Waals surface area (Å²) >= 11 is 0. The number of aromatic nitrogens is 3. The molecule has 2 heterocycles. The van der Waals surface area contributed by atoms with E-state index in [1.165, 1.54) is 6.33 Å². The number of nitrogens with one attached hydrogen (secondary N) is 1. The van der Waals surface area contributed by atoms with Crippen LogP contribution in [0.1, 0.15) is 29.9 Å². The van der Waals surface area contributed by atoms with Crippen molar-refractivity contribution in [3.8, 4) is 5.75 Å². The maximum Gasteiger partial charge on any atom is 0.311 e. The standard InChI is InChI=1S/C20H18N4O3/c25-19(9-15-10-20(26)27-18-4-2-1-3-17(15)18)23-16-7-5-14(6-8-16)11-24-13-21-12-22-24/h1-8,12-13,15H,9-11H2,(H,23,25). The van der Waals surface area contributed by atoms with Gasteiger partial charge in [-0.2, -0.15) is 5.10 Å². The zero-order chi connectivity index (χ0) is 18.6. The first-order valence-corrected chi connectivity index (χ1v) is 8.68. The fraction of sp³-hybridized carbons (Fsp3) is 0.200. The number of nitrogens with zero attached hydrogens (tertiary/aromatic N) is 3. The molecule has 1 aliphatic heterocycles. The number of anilines is 1. The molecule has 4 rings (SSSR count). The highest BCUT2D eigenvalue weighted by atomic mass is 16.5. The van der Waals surface area contributed by atoms with Crippen molar-refractivity contribution in [3.05, 3.63) is 72.3 Å². The Labute approximate surface area is 156 Å². The predicted octanol–water partition coefficient (Wildman–Crippen LogP) is 2.75. The minimum atomic E-state index is -0.302. The smallest absolute Gasteiger partial charge is 0.311 e. The van der Waals surface area contributed by atoms with Crippen LogP contribution in [-0.2, 0) is 16.1 Å². The number of benzene rings is 2. The number of carbonyl (C=O) groups excluding carboxylic acids is 2.